The highest BCUT2D eigenvalue weighted by Gasteiger charge is 2.29. The van der Waals surface area contributed by atoms with Gasteiger partial charge in [-0.2, -0.15) is 0 Å². The Bertz CT molecular complexity index is 697. The van der Waals surface area contributed by atoms with Gasteiger partial charge in [0.1, 0.15) is 0 Å². The molecule has 1 saturated carbocycles. The summed E-state index contributed by atoms with van der Waals surface area (Å²) in [5.74, 6) is -0.407. The Morgan fingerprint density at radius 1 is 1.21 bits per heavy atom. The van der Waals surface area contributed by atoms with Gasteiger partial charge in [-0.3, -0.25) is 10.1 Å². The van der Waals surface area contributed by atoms with Gasteiger partial charge >= 0.3 is 6.03 Å². The van der Waals surface area contributed by atoms with Crippen LogP contribution in [0.5, 0.6) is 0 Å². The molecule has 1 heterocycles. The molecule has 0 radical (unpaired) electrons. The van der Waals surface area contributed by atoms with Crippen molar-refractivity contribution in [2.45, 2.75) is 37.6 Å². The van der Waals surface area contributed by atoms with Crippen molar-refractivity contribution in [3.63, 3.8) is 0 Å². The van der Waals surface area contributed by atoms with Gasteiger partial charge in [-0.1, -0.05) is 43.3 Å². The monoisotopic (exact) mass is 327 g/mol. The summed E-state index contributed by atoms with van der Waals surface area (Å²) >= 11 is 0. The van der Waals surface area contributed by atoms with Gasteiger partial charge < -0.3 is 15.7 Å². The van der Waals surface area contributed by atoms with E-state index < -0.39 is 11.9 Å². The number of carbonyl (C=O) groups excluding carboxylic acids is 2. The number of amides is 3. The quantitative estimate of drug-likeness (QED) is 0.687. The summed E-state index contributed by atoms with van der Waals surface area (Å²) in [5, 5.41) is 17.5. The fourth-order valence-electron chi connectivity index (χ4n) is 3.32. The van der Waals surface area contributed by atoms with Gasteiger partial charge in [0, 0.05) is 6.04 Å². The van der Waals surface area contributed by atoms with Crippen LogP contribution >= 0.6 is 0 Å². The first-order valence-corrected chi connectivity index (χ1v) is 8.11. The fraction of sp³-hybridized carbons (Fsp3) is 0.333. The third-order valence-electron chi connectivity index (χ3n) is 4.53. The van der Waals surface area contributed by atoms with Crippen LogP contribution in [0.1, 0.15) is 37.2 Å². The average Bonchev–Trinajstić information content (AvgIpc) is 2.59. The van der Waals surface area contributed by atoms with Crippen LogP contribution in [0.15, 0.2) is 54.1 Å². The van der Waals surface area contributed by atoms with Crippen LogP contribution in [-0.4, -0.2) is 23.1 Å². The van der Waals surface area contributed by atoms with E-state index in [1.54, 1.807) is 0 Å². The van der Waals surface area contributed by atoms with Crippen molar-refractivity contribution >= 4 is 11.9 Å². The molecule has 0 bridgehead atoms. The molecule has 1 aromatic carbocycles. The van der Waals surface area contributed by atoms with Crippen molar-refractivity contribution in [3.8, 4) is 0 Å². The van der Waals surface area contributed by atoms with Gasteiger partial charge in [-0.25, -0.2) is 4.79 Å². The summed E-state index contributed by atoms with van der Waals surface area (Å²) in [6, 6.07) is 9.70. The van der Waals surface area contributed by atoms with Crippen molar-refractivity contribution < 1.29 is 14.7 Å². The van der Waals surface area contributed by atoms with Crippen LogP contribution in [-0.2, 0) is 4.79 Å². The second kappa shape index (κ2) is 6.78. The maximum atomic E-state index is 12.4. The zero-order chi connectivity index (χ0) is 17.1. The van der Waals surface area contributed by atoms with E-state index >= 15 is 0 Å². The maximum Gasteiger partial charge on any atom is 0.324 e. The molecule has 1 fully saturated rings. The molecule has 6 heteroatoms. The summed E-state index contributed by atoms with van der Waals surface area (Å²) in [5.41, 5.74) is 1.15. The number of aliphatic hydroxyl groups is 1. The number of urea groups is 1. The topological polar surface area (TPSA) is 90.5 Å². The predicted octanol–water partition coefficient (Wildman–Crippen LogP) is 2.43. The fourth-order valence-corrected chi connectivity index (χ4v) is 3.32. The number of hydrogen-bond donors (Lipinski definition) is 4. The molecule has 2 aliphatic rings. The first kappa shape index (κ1) is 16.1. The lowest BCUT2D eigenvalue weighted by Gasteiger charge is -2.30. The third-order valence-corrected chi connectivity index (χ3v) is 4.53. The Hall–Kier alpha value is -2.76. The number of carbonyl (C=O) groups is 2. The van der Waals surface area contributed by atoms with Gasteiger partial charge in [0.25, 0.3) is 5.91 Å². The Morgan fingerprint density at radius 3 is 2.71 bits per heavy atom. The van der Waals surface area contributed by atoms with Crippen molar-refractivity contribution in [2.75, 3.05) is 0 Å². The molecule has 1 aromatic rings. The number of nitrogens with one attached hydrogen (secondary N) is 3. The molecule has 3 amide bonds. The molecular formula is C18H21N3O3. The molecule has 1 aliphatic heterocycles. The van der Waals surface area contributed by atoms with Crippen LogP contribution < -0.4 is 16.0 Å². The Labute approximate surface area is 140 Å². The number of rotatable bonds is 3. The summed E-state index contributed by atoms with van der Waals surface area (Å²) in [4.78, 5) is 23.9. The smallest absolute Gasteiger partial charge is 0.324 e. The van der Waals surface area contributed by atoms with Crippen molar-refractivity contribution in [1.29, 1.82) is 0 Å². The van der Waals surface area contributed by atoms with Crippen LogP contribution in [0.25, 0.3) is 0 Å². The molecule has 2 atom stereocenters. The van der Waals surface area contributed by atoms with Crippen molar-refractivity contribution in [3.05, 3.63) is 59.6 Å². The van der Waals surface area contributed by atoms with E-state index in [0.29, 0.717) is 5.92 Å². The van der Waals surface area contributed by atoms with E-state index in [1.807, 2.05) is 18.2 Å². The highest BCUT2D eigenvalue weighted by molar-refractivity contribution is 6.00. The second-order valence-corrected chi connectivity index (χ2v) is 6.23. The highest BCUT2D eigenvalue weighted by atomic mass is 16.3. The van der Waals surface area contributed by atoms with Crippen molar-refractivity contribution in [1.82, 2.24) is 16.0 Å². The number of aliphatic hydroxyl groups excluding tert-OH is 1. The molecule has 3 rings (SSSR count). The lowest BCUT2D eigenvalue weighted by atomic mass is 9.81. The van der Waals surface area contributed by atoms with E-state index in [-0.39, 0.29) is 23.2 Å². The third kappa shape index (κ3) is 3.42. The molecule has 0 aromatic heterocycles. The zero-order valence-corrected chi connectivity index (χ0v) is 13.3. The standard InChI is InChI=1S/C18H21N3O3/c1-11-16(22)15(21-18(24)19-11)17(23)20-14-9-5-8-13(10-14)12-6-3-2-4-7-12/h2-4,6-7,13-14,22H,1,5,8-10H2,(H,20,23)(H2,19,21,24)/t13-,14-/m1/s1. The van der Waals surface area contributed by atoms with Gasteiger partial charge in [0.2, 0.25) is 0 Å². The van der Waals surface area contributed by atoms with E-state index in [4.69, 9.17) is 0 Å². The average molecular weight is 327 g/mol. The summed E-state index contributed by atoms with van der Waals surface area (Å²) in [6.07, 6.45) is 3.85. The Balaban J connectivity index is 1.67. The molecular weight excluding hydrogens is 306 g/mol. The number of benzene rings is 1. The molecule has 0 saturated heterocycles. The molecule has 0 spiro atoms. The lowest BCUT2D eigenvalue weighted by molar-refractivity contribution is -0.118. The highest BCUT2D eigenvalue weighted by Crippen LogP contribution is 2.32. The minimum absolute atomic E-state index is 0.0109. The Kier molecular flexibility index (Phi) is 4.55. The second-order valence-electron chi connectivity index (χ2n) is 6.23. The lowest BCUT2D eigenvalue weighted by Crippen LogP contribution is -2.48. The predicted molar refractivity (Wildman–Crippen MR) is 90.0 cm³/mol. The van der Waals surface area contributed by atoms with Gasteiger partial charge in [0.05, 0.1) is 5.70 Å². The van der Waals surface area contributed by atoms with Gasteiger partial charge in [-0.05, 0) is 30.7 Å². The van der Waals surface area contributed by atoms with Crippen molar-refractivity contribution in [2.24, 2.45) is 0 Å². The van der Waals surface area contributed by atoms with Crippen LogP contribution in [0.2, 0.25) is 0 Å². The SMILES string of the molecule is C=C1NC(=O)NC(C(=O)N[C@@H]2CCC[C@@H](c3ccccc3)C2)=C1O. The first-order valence-electron chi connectivity index (χ1n) is 8.11. The molecule has 4 N–H and O–H groups in total. The normalized spacial score (nSPS) is 24.2. The summed E-state index contributed by atoms with van der Waals surface area (Å²) < 4.78 is 0. The van der Waals surface area contributed by atoms with Crippen LogP contribution in [0.4, 0.5) is 4.79 Å². The van der Waals surface area contributed by atoms with Crippen LogP contribution in [0.3, 0.4) is 0 Å². The summed E-state index contributed by atoms with van der Waals surface area (Å²) in [6.45, 7) is 3.52. The first-order chi connectivity index (χ1) is 11.5. The Morgan fingerprint density at radius 2 is 1.96 bits per heavy atom. The zero-order valence-electron chi connectivity index (χ0n) is 13.3. The molecule has 1 aliphatic carbocycles. The maximum absolute atomic E-state index is 12.4. The molecule has 6 nitrogen and oxygen atoms in total. The minimum Gasteiger partial charge on any atom is -0.504 e. The van der Waals surface area contributed by atoms with E-state index in [0.717, 1.165) is 25.7 Å². The van der Waals surface area contributed by atoms with Gasteiger partial charge in [-0.15, -0.1) is 0 Å². The van der Waals surface area contributed by atoms with Gasteiger partial charge in [0.15, 0.2) is 11.5 Å². The molecule has 24 heavy (non-hydrogen) atoms. The van der Waals surface area contributed by atoms with E-state index in [9.17, 15) is 14.7 Å². The van der Waals surface area contributed by atoms with E-state index in [2.05, 4.69) is 34.7 Å². The molecule has 0 unspecified atom stereocenters. The van der Waals surface area contributed by atoms with Crippen LogP contribution in [0, 0.1) is 0 Å². The number of hydrogen-bond acceptors (Lipinski definition) is 3. The van der Waals surface area contributed by atoms with E-state index in [1.165, 1.54) is 5.56 Å². The largest absolute Gasteiger partial charge is 0.504 e. The summed E-state index contributed by atoms with van der Waals surface area (Å²) in [7, 11) is 0. The minimum atomic E-state index is -0.575. The molecule has 126 valence electrons.